The molecule has 0 radical (unpaired) electrons. The first kappa shape index (κ1) is 16.5. The number of carbonyl (C=O) groups excluding carboxylic acids is 1. The second-order valence-electron chi connectivity index (χ2n) is 6.48. The summed E-state index contributed by atoms with van der Waals surface area (Å²) >= 11 is 3.41. The predicted molar refractivity (Wildman–Crippen MR) is 99.3 cm³/mol. The number of carbonyl (C=O) groups is 1. The van der Waals surface area contributed by atoms with Crippen molar-refractivity contribution >= 4 is 21.8 Å². The number of hydrogen-bond donors (Lipinski definition) is 0. The van der Waals surface area contributed by atoms with Crippen LogP contribution in [0.15, 0.2) is 40.9 Å². The van der Waals surface area contributed by atoms with E-state index in [0.717, 1.165) is 34.4 Å². The summed E-state index contributed by atoms with van der Waals surface area (Å²) in [5, 5.41) is 0. The number of fused-ring (bicyclic) bond motifs is 2. The highest BCUT2D eigenvalue weighted by molar-refractivity contribution is 9.10. The van der Waals surface area contributed by atoms with Gasteiger partial charge in [-0.3, -0.25) is 4.79 Å². The van der Waals surface area contributed by atoms with E-state index in [4.69, 9.17) is 9.47 Å². The summed E-state index contributed by atoms with van der Waals surface area (Å²) in [5.41, 5.74) is 3.12. The van der Waals surface area contributed by atoms with Crippen molar-refractivity contribution < 1.29 is 14.3 Å². The van der Waals surface area contributed by atoms with Gasteiger partial charge in [-0.2, -0.15) is 0 Å². The van der Waals surface area contributed by atoms with Gasteiger partial charge in [0, 0.05) is 23.0 Å². The zero-order chi connectivity index (χ0) is 17.4. The lowest BCUT2D eigenvalue weighted by molar-refractivity contribution is 0.0677. The van der Waals surface area contributed by atoms with Gasteiger partial charge in [-0.25, -0.2) is 0 Å². The summed E-state index contributed by atoms with van der Waals surface area (Å²) in [5.74, 6) is 1.69. The Labute approximate surface area is 155 Å². The third-order valence-electron chi connectivity index (χ3n) is 4.90. The van der Waals surface area contributed by atoms with Crippen LogP contribution < -0.4 is 9.47 Å². The molecule has 2 aromatic rings. The Morgan fingerprint density at radius 3 is 2.52 bits per heavy atom. The Balaban J connectivity index is 1.64. The maximum atomic E-state index is 12.9. The fraction of sp³-hybridized carbons (Fsp3) is 0.350. The number of nitrogens with zero attached hydrogens (tertiary/aromatic N) is 1. The monoisotopic (exact) mass is 401 g/mol. The molecule has 0 aliphatic carbocycles. The summed E-state index contributed by atoms with van der Waals surface area (Å²) in [7, 11) is 0. The smallest absolute Gasteiger partial charge is 0.254 e. The number of halogens is 1. The van der Waals surface area contributed by atoms with Crippen molar-refractivity contribution in [1.29, 1.82) is 0 Å². The first-order chi connectivity index (χ1) is 12.1. The average molecular weight is 402 g/mol. The van der Waals surface area contributed by atoms with Crippen LogP contribution in [0, 0.1) is 0 Å². The molecule has 2 heterocycles. The van der Waals surface area contributed by atoms with Gasteiger partial charge < -0.3 is 14.4 Å². The first-order valence-electron chi connectivity index (χ1n) is 8.62. The van der Waals surface area contributed by atoms with E-state index in [2.05, 4.69) is 35.0 Å². The number of ether oxygens (including phenoxy) is 2. The Hall–Kier alpha value is -2.01. The maximum Gasteiger partial charge on any atom is 0.254 e. The standard InChI is InChI=1S/C20H20BrNO3/c1-13-17-12-19-18(24-9-2-10-25-19)11-15(17)7-8-22(13)20(23)14-3-5-16(21)6-4-14/h3-6,11-13H,2,7-10H2,1H3/t13-/m1/s1. The molecule has 0 aromatic heterocycles. The zero-order valence-electron chi connectivity index (χ0n) is 14.1. The number of amides is 1. The molecule has 130 valence electrons. The van der Waals surface area contributed by atoms with Crippen LogP contribution in [0.2, 0.25) is 0 Å². The quantitative estimate of drug-likeness (QED) is 0.711. The minimum Gasteiger partial charge on any atom is -0.490 e. The predicted octanol–water partition coefficient (Wildman–Crippen LogP) is 4.37. The molecule has 2 aromatic carbocycles. The fourth-order valence-electron chi connectivity index (χ4n) is 3.51. The van der Waals surface area contributed by atoms with E-state index < -0.39 is 0 Å². The summed E-state index contributed by atoms with van der Waals surface area (Å²) in [4.78, 5) is 14.9. The second-order valence-corrected chi connectivity index (χ2v) is 7.40. The molecule has 0 fully saturated rings. The minimum atomic E-state index is 0.0112. The van der Waals surface area contributed by atoms with Gasteiger partial charge in [-0.15, -0.1) is 0 Å². The minimum absolute atomic E-state index is 0.0112. The third-order valence-corrected chi connectivity index (χ3v) is 5.43. The van der Waals surface area contributed by atoms with Crippen LogP contribution in [0.25, 0.3) is 0 Å². The van der Waals surface area contributed by atoms with Crippen molar-refractivity contribution in [3.8, 4) is 11.5 Å². The summed E-state index contributed by atoms with van der Waals surface area (Å²) < 4.78 is 12.6. The largest absolute Gasteiger partial charge is 0.490 e. The second kappa shape index (κ2) is 6.71. The molecular formula is C20H20BrNO3. The third kappa shape index (κ3) is 3.13. The Kier molecular flexibility index (Phi) is 4.42. The van der Waals surface area contributed by atoms with Gasteiger partial charge in [0.2, 0.25) is 0 Å². The maximum absolute atomic E-state index is 12.9. The van der Waals surface area contributed by atoms with Crippen molar-refractivity contribution in [1.82, 2.24) is 4.90 Å². The highest BCUT2D eigenvalue weighted by Gasteiger charge is 2.30. The molecule has 25 heavy (non-hydrogen) atoms. The molecular weight excluding hydrogens is 382 g/mol. The molecule has 0 bridgehead atoms. The molecule has 1 atom stereocenters. The van der Waals surface area contributed by atoms with Crippen LogP contribution in [0.5, 0.6) is 11.5 Å². The van der Waals surface area contributed by atoms with Gasteiger partial charge in [0.25, 0.3) is 5.91 Å². The van der Waals surface area contributed by atoms with Gasteiger partial charge in [0.1, 0.15) is 0 Å². The van der Waals surface area contributed by atoms with Crippen molar-refractivity contribution in [2.75, 3.05) is 19.8 Å². The number of benzene rings is 2. The van der Waals surface area contributed by atoms with Crippen molar-refractivity contribution in [3.63, 3.8) is 0 Å². The SMILES string of the molecule is C[C@@H]1c2cc3c(cc2CCN1C(=O)c1ccc(Br)cc1)OCCCO3. The highest BCUT2D eigenvalue weighted by Crippen LogP contribution is 2.39. The van der Waals surface area contributed by atoms with Gasteiger partial charge in [0.15, 0.2) is 11.5 Å². The van der Waals surface area contributed by atoms with Gasteiger partial charge in [-0.1, -0.05) is 15.9 Å². The van der Waals surface area contributed by atoms with Crippen LogP contribution in [0.3, 0.4) is 0 Å². The van der Waals surface area contributed by atoms with E-state index in [-0.39, 0.29) is 11.9 Å². The molecule has 5 heteroatoms. The average Bonchev–Trinajstić information content (AvgIpc) is 2.85. The Morgan fingerprint density at radius 2 is 1.80 bits per heavy atom. The molecule has 0 saturated carbocycles. The molecule has 4 nitrogen and oxygen atoms in total. The number of hydrogen-bond acceptors (Lipinski definition) is 3. The molecule has 1 amide bonds. The normalized spacial score (nSPS) is 19.1. The first-order valence-corrected chi connectivity index (χ1v) is 9.42. The Morgan fingerprint density at radius 1 is 1.12 bits per heavy atom. The molecule has 2 aliphatic heterocycles. The van der Waals surface area contributed by atoms with Crippen LogP contribution >= 0.6 is 15.9 Å². The van der Waals surface area contributed by atoms with E-state index in [1.165, 1.54) is 5.56 Å². The van der Waals surface area contributed by atoms with Gasteiger partial charge in [-0.05, 0) is 60.9 Å². The fourth-order valence-corrected chi connectivity index (χ4v) is 3.77. The topological polar surface area (TPSA) is 38.8 Å². The summed E-state index contributed by atoms with van der Waals surface area (Å²) in [6, 6.07) is 11.7. The summed E-state index contributed by atoms with van der Waals surface area (Å²) in [6.07, 6.45) is 1.72. The van der Waals surface area contributed by atoms with Crippen molar-refractivity contribution in [2.45, 2.75) is 25.8 Å². The van der Waals surface area contributed by atoms with Gasteiger partial charge >= 0.3 is 0 Å². The molecule has 0 spiro atoms. The van der Waals surface area contributed by atoms with Crippen LogP contribution in [-0.2, 0) is 6.42 Å². The molecule has 4 rings (SSSR count). The number of rotatable bonds is 1. The van der Waals surface area contributed by atoms with E-state index in [1.807, 2.05) is 29.2 Å². The molecule has 2 aliphatic rings. The van der Waals surface area contributed by atoms with Crippen LogP contribution in [-0.4, -0.2) is 30.6 Å². The lowest BCUT2D eigenvalue weighted by atomic mass is 9.92. The molecule has 0 unspecified atom stereocenters. The van der Waals surface area contributed by atoms with Crippen LogP contribution in [0.1, 0.15) is 40.9 Å². The molecule has 0 saturated heterocycles. The van der Waals surface area contributed by atoms with E-state index in [0.29, 0.717) is 25.3 Å². The highest BCUT2D eigenvalue weighted by atomic mass is 79.9. The lowest BCUT2D eigenvalue weighted by Crippen LogP contribution is -2.38. The zero-order valence-corrected chi connectivity index (χ0v) is 15.7. The lowest BCUT2D eigenvalue weighted by Gasteiger charge is -2.36. The summed E-state index contributed by atoms with van der Waals surface area (Å²) in [6.45, 7) is 4.15. The van der Waals surface area contributed by atoms with E-state index in [1.54, 1.807) is 0 Å². The molecule has 0 N–H and O–H groups in total. The van der Waals surface area contributed by atoms with Gasteiger partial charge in [0.05, 0.1) is 19.3 Å². The van der Waals surface area contributed by atoms with Crippen molar-refractivity contribution in [2.24, 2.45) is 0 Å². The Bertz CT molecular complexity index is 803. The van der Waals surface area contributed by atoms with Crippen molar-refractivity contribution in [3.05, 3.63) is 57.6 Å². The van der Waals surface area contributed by atoms with Crippen LogP contribution in [0.4, 0.5) is 0 Å². The van der Waals surface area contributed by atoms with E-state index in [9.17, 15) is 4.79 Å². The van der Waals surface area contributed by atoms with E-state index >= 15 is 0 Å².